The van der Waals surface area contributed by atoms with Crippen LogP contribution >= 0.6 is 30.9 Å². The Kier molecular flexibility index (Phi) is 7.42. The fraction of sp³-hybridized carbons (Fsp3) is 1.00. The van der Waals surface area contributed by atoms with Gasteiger partial charge < -0.3 is 4.89 Å². The van der Waals surface area contributed by atoms with E-state index in [0.29, 0.717) is 31.4 Å². The molecule has 0 aromatic carbocycles. The standard InChI is InChI=1S/C6H15Cl2N2O2P/c1-2-9-13(11,12)10(5-3-7)6-4-8/h2-6H2,1H3,(H2,9,11,12). The summed E-state index contributed by atoms with van der Waals surface area (Å²) in [6.45, 7) is 2.92. The molecule has 0 aromatic heterocycles. The first-order valence-corrected chi connectivity index (χ1v) is 6.72. The van der Waals surface area contributed by atoms with Crippen molar-refractivity contribution in [2.24, 2.45) is 0 Å². The van der Waals surface area contributed by atoms with Gasteiger partial charge in [-0.1, -0.05) is 6.92 Å². The van der Waals surface area contributed by atoms with Gasteiger partial charge in [0.25, 0.3) is 0 Å². The van der Waals surface area contributed by atoms with E-state index in [0.717, 1.165) is 0 Å². The lowest BCUT2D eigenvalue weighted by atomic mass is 10.6. The topological polar surface area (TPSA) is 52.6 Å². The number of nitrogens with one attached hydrogen (secondary N) is 1. The molecule has 13 heavy (non-hydrogen) atoms. The number of nitrogens with zero attached hydrogens (tertiary/aromatic N) is 1. The highest BCUT2D eigenvalue weighted by atomic mass is 35.5. The molecule has 80 valence electrons. The van der Waals surface area contributed by atoms with Gasteiger partial charge in [-0.15, -0.1) is 23.2 Å². The van der Waals surface area contributed by atoms with Gasteiger partial charge in [0.15, 0.2) is 0 Å². The maximum Gasteiger partial charge on any atom is 0.340 e. The van der Waals surface area contributed by atoms with Crippen molar-refractivity contribution in [1.82, 2.24) is 9.76 Å². The Labute approximate surface area is 88.8 Å². The third-order valence-electron chi connectivity index (χ3n) is 1.43. The molecule has 0 spiro atoms. The van der Waals surface area contributed by atoms with Crippen LogP contribution in [0.15, 0.2) is 0 Å². The molecule has 7 heteroatoms. The van der Waals surface area contributed by atoms with Crippen LogP contribution in [-0.2, 0) is 4.57 Å². The van der Waals surface area contributed by atoms with Crippen LogP contribution in [0.1, 0.15) is 6.92 Å². The van der Waals surface area contributed by atoms with Crippen LogP contribution < -0.4 is 5.09 Å². The molecule has 1 atom stereocenters. The van der Waals surface area contributed by atoms with E-state index < -0.39 is 7.67 Å². The summed E-state index contributed by atoms with van der Waals surface area (Å²) in [6, 6.07) is 0. The van der Waals surface area contributed by atoms with Crippen molar-refractivity contribution in [2.75, 3.05) is 31.4 Å². The molecule has 0 radical (unpaired) electrons. The molecule has 0 aliphatic carbocycles. The van der Waals surface area contributed by atoms with Crippen LogP contribution in [0.5, 0.6) is 0 Å². The summed E-state index contributed by atoms with van der Waals surface area (Å²) >= 11 is 11.0. The molecule has 0 heterocycles. The Morgan fingerprint density at radius 1 is 1.38 bits per heavy atom. The second-order valence-electron chi connectivity index (χ2n) is 2.39. The lowest BCUT2D eigenvalue weighted by Crippen LogP contribution is -2.31. The smallest absolute Gasteiger partial charge is 0.322 e. The number of halogens is 2. The summed E-state index contributed by atoms with van der Waals surface area (Å²) in [7, 11) is -3.42. The first-order chi connectivity index (χ1) is 6.08. The summed E-state index contributed by atoms with van der Waals surface area (Å²) in [4.78, 5) is 9.49. The fourth-order valence-corrected chi connectivity index (χ4v) is 2.88. The second kappa shape index (κ2) is 7.04. The van der Waals surface area contributed by atoms with E-state index >= 15 is 0 Å². The minimum atomic E-state index is -3.42. The molecule has 0 saturated carbocycles. The van der Waals surface area contributed by atoms with E-state index in [1.807, 2.05) is 0 Å². The largest absolute Gasteiger partial charge is 0.340 e. The Morgan fingerprint density at radius 3 is 2.15 bits per heavy atom. The molecule has 2 N–H and O–H groups in total. The summed E-state index contributed by atoms with van der Waals surface area (Å²) in [5.74, 6) is 0.625. The molecule has 4 nitrogen and oxygen atoms in total. The molecule has 0 aromatic rings. The fourth-order valence-electron chi connectivity index (χ4n) is 0.884. The first-order valence-electron chi connectivity index (χ1n) is 4.03. The second-order valence-corrected chi connectivity index (χ2v) is 5.11. The zero-order valence-electron chi connectivity index (χ0n) is 7.54. The van der Waals surface area contributed by atoms with Gasteiger partial charge in [0.05, 0.1) is 0 Å². The highest BCUT2D eigenvalue weighted by Crippen LogP contribution is 2.39. The normalized spacial score (nSPS) is 16.1. The predicted molar refractivity (Wildman–Crippen MR) is 56.5 cm³/mol. The van der Waals surface area contributed by atoms with Crippen molar-refractivity contribution in [3.05, 3.63) is 0 Å². The van der Waals surface area contributed by atoms with Crippen LogP contribution in [-0.4, -0.2) is 41.0 Å². The molecular formula is C6H15Cl2N2O2P. The lowest BCUT2D eigenvalue weighted by Gasteiger charge is -2.25. The molecule has 1 unspecified atom stereocenters. The Balaban J connectivity index is 4.23. The van der Waals surface area contributed by atoms with Crippen molar-refractivity contribution in [3.63, 3.8) is 0 Å². The van der Waals surface area contributed by atoms with Gasteiger partial charge in [-0.25, -0.2) is 9.76 Å². The summed E-state index contributed by atoms with van der Waals surface area (Å²) < 4.78 is 12.9. The van der Waals surface area contributed by atoms with Crippen molar-refractivity contribution < 1.29 is 9.46 Å². The number of hydrogen-bond acceptors (Lipinski definition) is 1. The molecule has 0 bridgehead atoms. The average Bonchev–Trinajstić information content (AvgIpc) is 2.04. The van der Waals surface area contributed by atoms with E-state index in [9.17, 15) is 9.46 Å². The van der Waals surface area contributed by atoms with Gasteiger partial charge in [0, 0.05) is 31.4 Å². The predicted octanol–water partition coefficient (Wildman–Crippen LogP) is 1.48. The van der Waals surface area contributed by atoms with Crippen molar-refractivity contribution in [1.29, 1.82) is 0 Å². The molecule has 0 amide bonds. The van der Waals surface area contributed by atoms with Gasteiger partial charge in [0.2, 0.25) is 0 Å². The third kappa shape index (κ3) is 5.21. The van der Waals surface area contributed by atoms with E-state index in [-0.39, 0.29) is 0 Å². The van der Waals surface area contributed by atoms with Crippen LogP contribution in [0.3, 0.4) is 0 Å². The molecule has 0 aliphatic rings. The molecular weight excluding hydrogens is 234 g/mol. The van der Waals surface area contributed by atoms with Crippen LogP contribution in [0.4, 0.5) is 0 Å². The van der Waals surface area contributed by atoms with E-state index in [2.05, 4.69) is 5.09 Å². The van der Waals surface area contributed by atoms with Gasteiger partial charge in [-0.2, -0.15) is 0 Å². The molecule has 0 fully saturated rings. The van der Waals surface area contributed by atoms with Crippen LogP contribution in [0, 0.1) is 0 Å². The highest BCUT2D eigenvalue weighted by molar-refractivity contribution is 7.53. The van der Waals surface area contributed by atoms with Gasteiger partial charge in [0.1, 0.15) is 0 Å². The minimum absolute atomic E-state index is 0.312. The number of hydrogen-bond donors (Lipinski definition) is 2. The maximum absolute atomic E-state index is 11.5. The zero-order chi connectivity index (χ0) is 10.3. The van der Waals surface area contributed by atoms with E-state index in [4.69, 9.17) is 23.2 Å². The maximum atomic E-state index is 11.5. The van der Waals surface area contributed by atoms with Crippen molar-refractivity contribution in [3.8, 4) is 0 Å². The van der Waals surface area contributed by atoms with Gasteiger partial charge in [-0.3, -0.25) is 4.57 Å². The first kappa shape index (κ1) is 13.7. The molecule has 0 aliphatic heterocycles. The Morgan fingerprint density at radius 2 is 1.85 bits per heavy atom. The Hall–Kier alpha value is 0.690. The average molecular weight is 249 g/mol. The zero-order valence-corrected chi connectivity index (χ0v) is 9.95. The summed E-state index contributed by atoms with van der Waals surface area (Å²) in [6.07, 6.45) is 0. The van der Waals surface area contributed by atoms with E-state index in [1.165, 1.54) is 4.67 Å². The number of alkyl halides is 2. The summed E-state index contributed by atoms with van der Waals surface area (Å²) in [5, 5.41) is 2.51. The minimum Gasteiger partial charge on any atom is -0.322 e. The van der Waals surface area contributed by atoms with Gasteiger partial charge in [-0.05, 0) is 0 Å². The SMILES string of the molecule is CCNP(=O)(O)N(CCCl)CCCl. The van der Waals surface area contributed by atoms with Gasteiger partial charge >= 0.3 is 7.67 Å². The molecule has 0 rings (SSSR count). The Bertz CT molecular complexity index is 176. The van der Waals surface area contributed by atoms with Crippen LogP contribution in [0.2, 0.25) is 0 Å². The number of rotatable bonds is 7. The van der Waals surface area contributed by atoms with Crippen molar-refractivity contribution in [2.45, 2.75) is 6.92 Å². The summed E-state index contributed by atoms with van der Waals surface area (Å²) in [5.41, 5.74) is 0. The monoisotopic (exact) mass is 248 g/mol. The quantitative estimate of drug-likeness (QED) is 0.530. The van der Waals surface area contributed by atoms with E-state index in [1.54, 1.807) is 6.92 Å². The lowest BCUT2D eigenvalue weighted by molar-refractivity contribution is 0.355. The molecule has 0 saturated heterocycles. The van der Waals surface area contributed by atoms with Crippen LogP contribution in [0.25, 0.3) is 0 Å². The van der Waals surface area contributed by atoms with Crippen molar-refractivity contribution >= 4 is 30.9 Å². The third-order valence-corrected chi connectivity index (χ3v) is 3.67. The highest BCUT2D eigenvalue weighted by Gasteiger charge is 2.25.